The molecule has 8 nitrogen and oxygen atoms in total. The number of aryl methyl sites for hydroxylation is 1. The number of ether oxygens (including phenoxy) is 3. The molecule has 33 heavy (non-hydrogen) atoms. The molecule has 1 aromatic carbocycles. The van der Waals surface area contributed by atoms with Crippen LogP contribution in [0.3, 0.4) is 0 Å². The lowest BCUT2D eigenvalue weighted by Gasteiger charge is -2.26. The molecule has 1 heterocycles. The van der Waals surface area contributed by atoms with Gasteiger partial charge in [-0.25, -0.2) is 4.79 Å². The zero-order valence-electron chi connectivity index (χ0n) is 21.0. The van der Waals surface area contributed by atoms with E-state index < -0.39 is 11.7 Å². The minimum atomic E-state index is -0.533. The van der Waals surface area contributed by atoms with Crippen molar-refractivity contribution in [1.29, 1.82) is 0 Å². The Hall–Kier alpha value is -1.75. The van der Waals surface area contributed by atoms with Crippen molar-refractivity contribution >= 4 is 36.0 Å². The first kappa shape index (κ1) is 29.3. The third kappa shape index (κ3) is 10.8. The van der Waals surface area contributed by atoms with Gasteiger partial charge in [0.05, 0.1) is 19.3 Å². The van der Waals surface area contributed by atoms with Crippen molar-refractivity contribution in [3.63, 3.8) is 0 Å². The van der Waals surface area contributed by atoms with Crippen LogP contribution in [0.2, 0.25) is 0 Å². The van der Waals surface area contributed by atoms with Gasteiger partial charge in [-0.2, -0.15) is 0 Å². The van der Waals surface area contributed by atoms with Gasteiger partial charge in [-0.15, -0.1) is 24.0 Å². The number of hydrogen-bond donors (Lipinski definition) is 3. The van der Waals surface area contributed by atoms with Crippen molar-refractivity contribution < 1.29 is 19.0 Å². The van der Waals surface area contributed by atoms with Crippen molar-refractivity contribution in [1.82, 2.24) is 16.0 Å². The normalized spacial score (nSPS) is 17.2. The molecule has 0 aromatic heterocycles. The fraction of sp³-hybridized carbons (Fsp3) is 0.667. The Balaban J connectivity index is 0.00000544. The van der Waals surface area contributed by atoms with E-state index in [2.05, 4.69) is 59.9 Å². The molecule has 1 saturated heterocycles. The topological polar surface area (TPSA) is 93.2 Å². The van der Waals surface area contributed by atoms with Crippen LogP contribution in [-0.4, -0.2) is 56.6 Å². The number of rotatable bonds is 8. The predicted molar refractivity (Wildman–Crippen MR) is 143 cm³/mol. The van der Waals surface area contributed by atoms with Crippen LogP contribution in [0.1, 0.15) is 52.2 Å². The van der Waals surface area contributed by atoms with Gasteiger partial charge in [-0.3, -0.25) is 4.99 Å². The first-order valence-corrected chi connectivity index (χ1v) is 11.4. The van der Waals surface area contributed by atoms with Gasteiger partial charge in [0.1, 0.15) is 17.5 Å². The number of carbonyl (C=O) groups excluding carboxylic acids is 1. The smallest absolute Gasteiger partial charge is 0.407 e. The number of guanidine groups is 1. The molecule has 2 unspecified atom stereocenters. The summed E-state index contributed by atoms with van der Waals surface area (Å²) in [5.41, 5.74) is 1.67. The Morgan fingerprint density at radius 3 is 2.58 bits per heavy atom. The lowest BCUT2D eigenvalue weighted by molar-refractivity contribution is 0.0491. The van der Waals surface area contributed by atoms with Crippen LogP contribution in [0.4, 0.5) is 4.79 Å². The van der Waals surface area contributed by atoms with E-state index in [0.29, 0.717) is 25.7 Å². The summed E-state index contributed by atoms with van der Waals surface area (Å²) >= 11 is 0. The number of benzene rings is 1. The average molecular weight is 577 g/mol. The molecular weight excluding hydrogens is 535 g/mol. The van der Waals surface area contributed by atoms with E-state index in [-0.39, 0.29) is 42.0 Å². The average Bonchev–Trinajstić information content (AvgIpc) is 3.19. The molecule has 2 rings (SSSR count). The van der Waals surface area contributed by atoms with E-state index in [1.165, 1.54) is 0 Å². The summed E-state index contributed by atoms with van der Waals surface area (Å²) in [4.78, 5) is 16.5. The van der Waals surface area contributed by atoms with E-state index in [4.69, 9.17) is 14.2 Å². The quantitative estimate of drug-likeness (QED) is 0.246. The van der Waals surface area contributed by atoms with Crippen molar-refractivity contribution in [2.75, 3.05) is 26.8 Å². The number of hydrogen-bond acceptors (Lipinski definition) is 5. The molecule has 0 bridgehead atoms. The Bertz CT molecular complexity index is 774. The highest BCUT2D eigenvalue weighted by atomic mass is 127. The Labute approximate surface area is 215 Å². The Morgan fingerprint density at radius 1 is 1.27 bits per heavy atom. The molecule has 0 spiro atoms. The monoisotopic (exact) mass is 576 g/mol. The summed E-state index contributed by atoms with van der Waals surface area (Å²) in [6, 6.07) is 6.10. The van der Waals surface area contributed by atoms with E-state index in [1.54, 1.807) is 7.05 Å². The van der Waals surface area contributed by atoms with Gasteiger partial charge in [0.25, 0.3) is 0 Å². The summed E-state index contributed by atoms with van der Waals surface area (Å²) in [5, 5.41) is 9.58. The number of nitrogens with zero attached hydrogens (tertiary/aromatic N) is 1. The van der Waals surface area contributed by atoms with Crippen molar-refractivity contribution in [3.05, 3.63) is 29.3 Å². The highest BCUT2D eigenvalue weighted by Crippen LogP contribution is 2.23. The first-order chi connectivity index (χ1) is 15.1. The van der Waals surface area contributed by atoms with Crippen LogP contribution < -0.4 is 20.7 Å². The van der Waals surface area contributed by atoms with Crippen molar-refractivity contribution in [3.8, 4) is 5.75 Å². The van der Waals surface area contributed by atoms with Gasteiger partial charge in [0, 0.05) is 32.1 Å². The van der Waals surface area contributed by atoms with E-state index in [9.17, 15) is 4.79 Å². The van der Waals surface area contributed by atoms with Crippen LogP contribution in [-0.2, 0) is 16.0 Å². The second-order valence-electron chi connectivity index (χ2n) is 9.52. The lowest BCUT2D eigenvalue weighted by Crippen LogP contribution is -2.50. The van der Waals surface area contributed by atoms with Gasteiger partial charge < -0.3 is 30.2 Å². The van der Waals surface area contributed by atoms with Gasteiger partial charge in [-0.05, 0) is 45.2 Å². The molecular formula is C24H41IN4O4. The lowest BCUT2D eigenvalue weighted by atomic mass is 10.0. The molecule has 0 radical (unpaired) electrons. The molecule has 1 aliphatic heterocycles. The minimum absolute atomic E-state index is 0. The first-order valence-electron chi connectivity index (χ1n) is 11.4. The maximum atomic E-state index is 12.2. The second kappa shape index (κ2) is 13.8. The third-order valence-electron chi connectivity index (χ3n) is 5.07. The molecule has 1 amide bonds. The standard InChI is InChI=1S/C24H40N4O4.HI/c1-16(2)20(28-23(29)32-24(4,5)6)14-27-22(25-7)26-13-18-9-8-17(3)12-21(18)31-19-10-11-30-15-19;/h8-9,12,16,19-20H,10-11,13-15H2,1-7H3,(H,28,29)(H2,25,26,27);1H. The zero-order chi connectivity index (χ0) is 23.7. The van der Waals surface area contributed by atoms with Gasteiger partial charge in [-0.1, -0.05) is 26.0 Å². The van der Waals surface area contributed by atoms with Crippen LogP contribution in [0, 0.1) is 12.8 Å². The molecule has 2 atom stereocenters. The second-order valence-corrected chi connectivity index (χ2v) is 9.52. The summed E-state index contributed by atoms with van der Waals surface area (Å²) < 4.78 is 17.0. The molecule has 1 aromatic rings. The summed E-state index contributed by atoms with van der Waals surface area (Å²) in [6.45, 7) is 14.2. The number of nitrogens with one attached hydrogen (secondary N) is 3. The fourth-order valence-corrected chi connectivity index (χ4v) is 3.22. The van der Waals surface area contributed by atoms with Crippen LogP contribution in [0.15, 0.2) is 23.2 Å². The Kier molecular flexibility index (Phi) is 12.3. The molecule has 1 fully saturated rings. The van der Waals surface area contributed by atoms with Gasteiger partial charge >= 0.3 is 6.09 Å². The highest BCUT2D eigenvalue weighted by Gasteiger charge is 2.22. The predicted octanol–water partition coefficient (Wildman–Crippen LogP) is 4.00. The van der Waals surface area contributed by atoms with Gasteiger partial charge in [0.2, 0.25) is 0 Å². The van der Waals surface area contributed by atoms with Crippen LogP contribution in [0.5, 0.6) is 5.75 Å². The Morgan fingerprint density at radius 2 is 2.00 bits per heavy atom. The van der Waals surface area contributed by atoms with E-state index in [1.807, 2.05) is 20.8 Å². The number of carbonyl (C=O) groups is 1. The third-order valence-corrected chi connectivity index (χ3v) is 5.07. The molecule has 0 aliphatic carbocycles. The fourth-order valence-electron chi connectivity index (χ4n) is 3.22. The van der Waals surface area contributed by atoms with Crippen molar-refractivity contribution in [2.24, 2.45) is 10.9 Å². The molecule has 1 aliphatic rings. The highest BCUT2D eigenvalue weighted by molar-refractivity contribution is 14.0. The van der Waals surface area contributed by atoms with Crippen LogP contribution >= 0.6 is 24.0 Å². The molecule has 9 heteroatoms. The zero-order valence-corrected chi connectivity index (χ0v) is 23.3. The molecule has 0 saturated carbocycles. The molecule has 3 N–H and O–H groups in total. The minimum Gasteiger partial charge on any atom is -0.488 e. The van der Waals surface area contributed by atoms with Crippen LogP contribution in [0.25, 0.3) is 0 Å². The summed E-state index contributed by atoms with van der Waals surface area (Å²) in [7, 11) is 1.73. The maximum absolute atomic E-state index is 12.2. The number of alkyl carbamates (subject to hydrolysis) is 1. The van der Waals surface area contributed by atoms with E-state index in [0.717, 1.165) is 29.9 Å². The molecule has 188 valence electrons. The number of aliphatic imine (C=N–C) groups is 1. The van der Waals surface area contributed by atoms with E-state index >= 15 is 0 Å². The summed E-state index contributed by atoms with van der Waals surface area (Å²) in [5.74, 6) is 1.74. The SMILES string of the molecule is CN=C(NCc1ccc(C)cc1OC1CCOC1)NCC(NC(=O)OC(C)(C)C)C(C)C.I. The van der Waals surface area contributed by atoms with Crippen molar-refractivity contribution in [2.45, 2.75) is 72.3 Å². The largest absolute Gasteiger partial charge is 0.488 e. The number of amides is 1. The van der Waals surface area contributed by atoms with Gasteiger partial charge in [0.15, 0.2) is 5.96 Å². The maximum Gasteiger partial charge on any atom is 0.407 e. The summed E-state index contributed by atoms with van der Waals surface area (Å²) in [6.07, 6.45) is 0.586. The number of halogens is 1.